The Balaban J connectivity index is 0.000000523. The molecule has 2 aromatic carbocycles. The molecule has 0 spiro atoms. The number of aromatic nitrogens is 2. The molecule has 1 heterocycles. The number of rotatable bonds is 8. The first kappa shape index (κ1) is 30.5. The second-order valence-electron chi connectivity index (χ2n) is 9.24. The van der Waals surface area contributed by atoms with E-state index in [2.05, 4.69) is 60.6 Å². The molecular weight excluding hydrogens is 431 g/mol. The lowest BCUT2D eigenvalue weighted by Crippen LogP contribution is -2.06. The normalized spacial score (nSPS) is 13.0. The Kier molecular flexibility index (Phi) is 14.1. The van der Waals surface area contributed by atoms with Crippen LogP contribution in [0.2, 0.25) is 0 Å². The fourth-order valence-electron chi connectivity index (χ4n) is 3.99. The fourth-order valence-corrected chi connectivity index (χ4v) is 3.99. The van der Waals surface area contributed by atoms with Gasteiger partial charge in [0.15, 0.2) is 5.82 Å². The van der Waals surface area contributed by atoms with Gasteiger partial charge in [0, 0.05) is 11.1 Å². The quantitative estimate of drug-likeness (QED) is 0.322. The van der Waals surface area contributed by atoms with E-state index in [4.69, 9.17) is 9.97 Å². The van der Waals surface area contributed by atoms with Gasteiger partial charge in [-0.1, -0.05) is 105 Å². The first-order valence-electron chi connectivity index (χ1n) is 13.5. The van der Waals surface area contributed by atoms with Gasteiger partial charge in [0.05, 0.1) is 11.4 Å². The Morgan fingerprint density at radius 2 is 1.29 bits per heavy atom. The van der Waals surface area contributed by atoms with Gasteiger partial charge in [-0.05, 0) is 60.9 Å². The molecule has 0 aliphatic carbocycles. The zero-order valence-electron chi connectivity index (χ0n) is 23.5. The van der Waals surface area contributed by atoms with Crippen molar-refractivity contribution in [3.63, 3.8) is 0 Å². The topological polar surface area (TPSA) is 25.8 Å². The Morgan fingerprint density at radius 3 is 1.77 bits per heavy atom. The molecule has 2 nitrogen and oxygen atoms in total. The van der Waals surface area contributed by atoms with Crippen LogP contribution >= 0.6 is 0 Å². The van der Waals surface area contributed by atoms with E-state index in [9.17, 15) is 4.39 Å². The van der Waals surface area contributed by atoms with Crippen LogP contribution in [0.4, 0.5) is 4.39 Å². The molecule has 3 rings (SSSR count). The Labute approximate surface area is 214 Å². The van der Waals surface area contributed by atoms with Gasteiger partial charge in [-0.3, -0.25) is 0 Å². The van der Waals surface area contributed by atoms with E-state index in [1.54, 1.807) is 12.1 Å². The Morgan fingerprint density at radius 1 is 0.743 bits per heavy atom. The van der Waals surface area contributed by atoms with Crippen molar-refractivity contribution in [2.75, 3.05) is 0 Å². The standard InChI is InChI=1S/C22H23FN2.C8H18.C2H6/c1-4-8-15(2)20-16(3)21(17-9-6-5-7-10-17)25-22(24-20)18-11-13-19(23)14-12-18;1-5-7(3)8(4)6-2;1-2/h5-7,9-15H,4,8H2,1-3H3;7-8H,5-6H2,1-4H3;1-2H3/t;7-,8-;/m.1./s1. The number of halogens is 1. The summed E-state index contributed by atoms with van der Waals surface area (Å²) in [5.74, 6) is 2.59. The molecule has 0 aliphatic heterocycles. The molecule has 0 fully saturated rings. The van der Waals surface area contributed by atoms with Gasteiger partial charge in [-0.25, -0.2) is 14.4 Å². The predicted molar refractivity (Wildman–Crippen MR) is 151 cm³/mol. The third kappa shape index (κ3) is 9.20. The van der Waals surface area contributed by atoms with Crippen molar-refractivity contribution in [2.24, 2.45) is 11.8 Å². The minimum absolute atomic E-state index is 0.251. The molecule has 3 atom stereocenters. The largest absolute Gasteiger partial charge is 0.232 e. The van der Waals surface area contributed by atoms with Crippen LogP contribution < -0.4 is 0 Å². The first-order valence-corrected chi connectivity index (χ1v) is 13.5. The summed E-state index contributed by atoms with van der Waals surface area (Å²) in [4.78, 5) is 9.66. The van der Waals surface area contributed by atoms with E-state index in [-0.39, 0.29) is 5.82 Å². The Bertz CT molecular complexity index is 959. The highest BCUT2D eigenvalue weighted by molar-refractivity contribution is 5.67. The van der Waals surface area contributed by atoms with Gasteiger partial charge in [0.1, 0.15) is 5.82 Å². The lowest BCUT2D eigenvalue weighted by Gasteiger charge is -2.17. The van der Waals surface area contributed by atoms with E-state index < -0.39 is 0 Å². The number of hydrogen-bond acceptors (Lipinski definition) is 2. The highest BCUT2D eigenvalue weighted by Crippen LogP contribution is 2.31. The lowest BCUT2D eigenvalue weighted by molar-refractivity contribution is 0.367. The average molecular weight is 479 g/mol. The van der Waals surface area contributed by atoms with E-state index in [1.807, 2.05) is 32.0 Å². The monoisotopic (exact) mass is 478 g/mol. The summed E-state index contributed by atoms with van der Waals surface area (Å²) >= 11 is 0. The summed E-state index contributed by atoms with van der Waals surface area (Å²) in [6, 6.07) is 16.6. The second-order valence-corrected chi connectivity index (χ2v) is 9.24. The van der Waals surface area contributed by atoms with Crippen LogP contribution in [0, 0.1) is 24.6 Å². The summed E-state index contributed by atoms with van der Waals surface area (Å²) in [5, 5.41) is 0. The zero-order valence-corrected chi connectivity index (χ0v) is 23.5. The predicted octanol–water partition coefficient (Wildman–Crippen LogP) is 10.3. The molecule has 3 aromatic rings. The van der Waals surface area contributed by atoms with E-state index in [1.165, 1.54) is 25.0 Å². The van der Waals surface area contributed by atoms with Gasteiger partial charge >= 0.3 is 0 Å². The van der Waals surface area contributed by atoms with Crippen molar-refractivity contribution >= 4 is 0 Å². The maximum absolute atomic E-state index is 13.3. The molecule has 0 N–H and O–H groups in total. The van der Waals surface area contributed by atoms with Crippen LogP contribution in [-0.2, 0) is 0 Å². The van der Waals surface area contributed by atoms with Gasteiger partial charge in [-0.2, -0.15) is 0 Å². The number of hydrogen-bond donors (Lipinski definition) is 0. The minimum atomic E-state index is -0.251. The molecule has 3 heteroatoms. The molecular formula is C32H47FN2. The highest BCUT2D eigenvalue weighted by atomic mass is 19.1. The maximum atomic E-state index is 13.3. The summed E-state index contributed by atoms with van der Waals surface area (Å²) in [6.45, 7) is 19.7. The van der Waals surface area contributed by atoms with Gasteiger partial charge in [0.25, 0.3) is 0 Å². The molecule has 0 saturated heterocycles. The second kappa shape index (κ2) is 16.2. The lowest BCUT2D eigenvalue weighted by atomic mass is 9.92. The van der Waals surface area contributed by atoms with Crippen LogP contribution in [0.1, 0.15) is 98.2 Å². The molecule has 35 heavy (non-hydrogen) atoms. The summed E-state index contributed by atoms with van der Waals surface area (Å²) < 4.78 is 13.3. The third-order valence-electron chi connectivity index (χ3n) is 6.78. The van der Waals surface area contributed by atoms with E-state index in [0.29, 0.717) is 11.7 Å². The molecule has 192 valence electrons. The van der Waals surface area contributed by atoms with Crippen LogP contribution in [0.5, 0.6) is 0 Å². The maximum Gasteiger partial charge on any atom is 0.160 e. The number of benzene rings is 2. The highest BCUT2D eigenvalue weighted by Gasteiger charge is 2.17. The average Bonchev–Trinajstić information content (AvgIpc) is 2.90. The fraction of sp³-hybridized carbons (Fsp3) is 0.500. The minimum Gasteiger partial charge on any atom is -0.232 e. The molecule has 0 aliphatic rings. The number of nitrogens with zero attached hydrogens (tertiary/aromatic N) is 2. The molecule has 1 aromatic heterocycles. The van der Waals surface area contributed by atoms with Crippen molar-refractivity contribution in [3.8, 4) is 22.6 Å². The SMILES string of the molecule is CC.CCCC(C)c1nc(-c2ccc(F)cc2)nc(-c2ccccc2)c1C.CC[C@@H](C)[C@H](C)CC. The van der Waals surface area contributed by atoms with Crippen molar-refractivity contribution in [3.05, 3.63) is 71.7 Å². The van der Waals surface area contributed by atoms with Crippen LogP contribution in [0.3, 0.4) is 0 Å². The summed E-state index contributed by atoms with van der Waals surface area (Å²) in [5.41, 5.74) is 5.07. The molecule has 0 saturated carbocycles. The van der Waals surface area contributed by atoms with Crippen LogP contribution in [-0.4, -0.2) is 9.97 Å². The summed E-state index contributed by atoms with van der Waals surface area (Å²) in [7, 11) is 0. The van der Waals surface area contributed by atoms with Gasteiger partial charge in [-0.15, -0.1) is 0 Å². The molecule has 0 bridgehead atoms. The molecule has 0 amide bonds. The van der Waals surface area contributed by atoms with Gasteiger partial charge < -0.3 is 0 Å². The van der Waals surface area contributed by atoms with Crippen molar-refractivity contribution in [2.45, 2.75) is 93.9 Å². The third-order valence-corrected chi connectivity index (χ3v) is 6.78. The van der Waals surface area contributed by atoms with Crippen LogP contribution in [0.15, 0.2) is 54.6 Å². The zero-order chi connectivity index (χ0) is 26.4. The molecule has 1 unspecified atom stereocenters. The van der Waals surface area contributed by atoms with Gasteiger partial charge in [0.2, 0.25) is 0 Å². The van der Waals surface area contributed by atoms with Crippen molar-refractivity contribution in [1.82, 2.24) is 9.97 Å². The smallest absolute Gasteiger partial charge is 0.160 e. The first-order chi connectivity index (χ1) is 16.8. The van der Waals surface area contributed by atoms with E-state index >= 15 is 0 Å². The summed E-state index contributed by atoms with van der Waals surface area (Å²) in [6.07, 6.45) is 4.84. The Hall–Kier alpha value is -2.55. The van der Waals surface area contributed by atoms with Crippen molar-refractivity contribution in [1.29, 1.82) is 0 Å². The van der Waals surface area contributed by atoms with Crippen molar-refractivity contribution < 1.29 is 4.39 Å². The molecule has 0 radical (unpaired) electrons. The van der Waals surface area contributed by atoms with E-state index in [0.717, 1.165) is 52.8 Å². The van der Waals surface area contributed by atoms with Crippen LogP contribution in [0.25, 0.3) is 22.6 Å².